The van der Waals surface area contributed by atoms with Gasteiger partial charge in [0.25, 0.3) is 0 Å². The Morgan fingerprint density at radius 1 is 0.853 bits per heavy atom. The zero-order valence-electron chi connectivity index (χ0n) is 16.5. The average molecular weight is 572 g/mol. The second kappa shape index (κ2) is 9.17. The highest BCUT2D eigenvalue weighted by Gasteiger charge is 2.32. The van der Waals surface area contributed by atoms with Crippen LogP contribution in [0.3, 0.4) is 0 Å². The summed E-state index contributed by atoms with van der Waals surface area (Å²) in [6.07, 6.45) is -4.51. The van der Waals surface area contributed by atoms with E-state index >= 15 is 0 Å². The molecule has 1 aliphatic rings. The van der Waals surface area contributed by atoms with Crippen molar-refractivity contribution in [2.75, 3.05) is 18.1 Å². The van der Waals surface area contributed by atoms with E-state index in [0.29, 0.717) is 30.0 Å². The number of benzene rings is 3. The number of anilines is 2. The van der Waals surface area contributed by atoms with Gasteiger partial charge >= 0.3 is 6.18 Å². The largest absolute Gasteiger partial charge is 0.489 e. The molecule has 1 heterocycles. The highest BCUT2D eigenvalue weighted by molar-refractivity contribution is 9.10. The molecular weight excluding hydrogens is 562 g/mol. The fourth-order valence-electron chi connectivity index (χ4n) is 3.15. The summed E-state index contributed by atoms with van der Waals surface area (Å²) in [6, 6.07) is 7.54. The zero-order valence-corrected chi connectivity index (χ0v) is 18.9. The third-order valence-electron chi connectivity index (χ3n) is 4.75. The van der Waals surface area contributed by atoms with Gasteiger partial charge in [0.1, 0.15) is 12.4 Å². The maximum Gasteiger partial charge on any atom is 0.416 e. The van der Waals surface area contributed by atoms with Crippen LogP contribution in [0.1, 0.15) is 5.56 Å². The first-order chi connectivity index (χ1) is 16.0. The summed E-state index contributed by atoms with van der Waals surface area (Å²) in [5.74, 6) is -12.0. The molecule has 0 unspecified atom stereocenters. The van der Waals surface area contributed by atoms with Crippen LogP contribution in [-0.4, -0.2) is 13.2 Å². The first kappa shape index (κ1) is 24.5. The number of hydrogen-bond donors (Lipinski definition) is 0. The molecule has 4 rings (SSSR count). The van der Waals surface area contributed by atoms with Crippen LogP contribution < -0.4 is 13.8 Å². The molecule has 0 bridgehead atoms. The second-order valence-electron chi connectivity index (χ2n) is 6.86. The Morgan fingerprint density at radius 2 is 1.47 bits per heavy atom. The normalized spacial score (nSPS) is 13.5. The molecule has 0 saturated heterocycles. The molecule has 180 valence electrons. The number of fused-ring (bicyclic) bond motifs is 1. The Balaban J connectivity index is 1.59. The molecule has 0 N–H and O–H groups in total. The first-order valence-corrected chi connectivity index (χ1v) is 10.8. The van der Waals surface area contributed by atoms with Crippen molar-refractivity contribution in [3.63, 3.8) is 0 Å². The van der Waals surface area contributed by atoms with Gasteiger partial charge in [0.2, 0.25) is 34.8 Å². The van der Waals surface area contributed by atoms with E-state index in [4.69, 9.17) is 8.92 Å². The van der Waals surface area contributed by atoms with Crippen molar-refractivity contribution in [1.82, 2.24) is 0 Å². The molecule has 0 aromatic heterocycles. The lowest BCUT2D eigenvalue weighted by Crippen LogP contribution is -2.29. The lowest BCUT2D eigenvalue weighted by atomic mass is 10.1. The third-order valence-corrected chi connectivity index (χ3v) is 6.08. The fraction of sp³-hybridized carbons (Fsp3) is 0.143. The third kappa shape index (κ3) is 4.50. The van der Waals surface area contributed by atoms with E-state index in [1.165, 1.54) is 24.3 Å². The van der Waals surface area contributed by atoms with E-state index in [1.54, 1.807) is 4.90 Å². The predicted octanol–water partition coefficient (Wildman–Crippen LogP) is 7.78. The van der Waals surface area contributed by atoms with Gasteiger partial charge in [0, 0.05) is 4.47 Å². The number of nitrogens with zero attached hydrogens (tertiary/aromatic N) is 1. The van der Waals surface area contributed by atoms with Crippen molar-refractivity contribution in [1.29, 1.82) is 0 Å². The van der Waals surface area contributed by atoms with Gasteiger partial charge in [-0.15, -0.1) is 0 Å². The summed E-state index contributed by atoms with van der Waals surface area (Å²) >= 11 is 3.49. The number of rotatable bonds is 4. The molecular formula is C21H10BrF8NO2S. The summed E-state index contributed by atoms with van der Waals surface area (Å²) in [5, 5.41) is 0. The van der Waals surface area contributed by atoms with Gasteiger partial charge < -0.3 is 13.8 Å². The maximum atomic E-state index is 13.8. The summed E-state index contributed by atoms with van der Waals surface area (Å²) in [6.45, 7) is 0.470. The average Bonchev–Trinajstić information content (AvgIpc) is 2.80. The molecule has 0 amide bonds. The highest BCUT2D eigenvalue weighted by Crippen LogP contribution is 2.43. The van der Waals surface area contributed by atoms with Gasteiger partial charge in [0.15, 0.2) is 0 Å². The van der Waals surface area contributed by atoms with Gasteiger partial charge in [-0.2, -0.15) is 22.0 Å². The van der Waals surface area contributed by atoms with Crippen LogP contribution in [0.4, 0.5) is 46.5 Å². The number of halogens is 9. The Morgan fingerprint density at radius 3 is 2.09 bits per heavy atom. The molecule has 13 heteroatoms. The minimum atomic E-state index is -4.51. The molecule has 0 fully saturated rings. The van der Waals surface area contributed by atoms with Crippen molar-refractivity contribution in [2.24, 2.45) is 0 Å². The molecule has 3 aromatic carbocycles. The Bertz CT molecular complexity index is 1240. The summed E-state index contributed by atoms with van der Waals surface area (Å²) in [5.41, 5.74) is 0.0940. The minimum absolute atomic E-state index is 0.160. The molecule has 0 saturated carbocycles. The van der Waals surface area contributed by atoms with Crippen LogP contribution >= 0.6 is 28.0 Å². The maximum absolute atomic E-state index is 13.8. The first-order valence-electron chi connectivity index (χ1n) is 9.26. The topological polar surface area (TPSA) is 21.7 Å². The number of alkyl halides is 3. The zero-order chi connectivity index (χ0) is 24.8. The number of hydrogen-bond acceptors (Lipinski definition) is 4. The lowest BCUT2D eigenvalue weighted by Gasteiger charge is -2.32. The quantitative estimate of drug-likeness (QED) is 0.138. The Labute approximate surface area is 199 Å². The smallest absolute Gasteiger partial charge is 0.416 e. The van der Waals surface area contributed by atoms with Gasteiger partial charge in [-0.25, -0.2) is 13.2 Å². The van der Waals surface area contributed by atoms with Crippen LogP contribution in [0, 0.1) is 29.1 Å². The van der Waals surface area contributed by atoms with Crippen LogP contribution in [-0.2, 0) is 6.18 Å². The van der Waals surface area contributed by atoms with Gasteiger partial charge in [-0.3, -0.25) is 0 Å². The predicted molar refractivity (Wildman–Crippen MR) is 111 cm³/mol. The van der Waals surface area contributed by atoms with E-state index in [9.17, 15) is 35.1 Å². The molecule has 0 radical (unpaired) electrons. The van der Waals surface area contributed by atoms with E-state index in [2.05, 4.69) is 15.9 Å². The SMILES string of the molecule is Fc1c(F)c(F)c(OSc2ccc3c(c2)OCCN3c2ccc(C(F)(F)F)cc2Br)c(F)c1F. The molecule has 3 aromatic rings. The highest BCUT2D eigenvalue weighted by atomic mass is 79.9. The Kier molecular flexibility index (Phi) is 6.60. The van der Waals surface area contributed by atoms with Crippen LogP contribution in [0.2, 0.25) is 0 Å². The lowest BCUT2D eigenvalue weighted by molar-refractivity contribution is -0.137. The van der Waals surface area contributed by atoms with Gasteiger partial charge in [-0.1, -0.05) is 0 Å². The second-order valence-corrected chi connectivity index (χ2v) is 8.52. The van der Waals surface area contributed by atoms with E-state index < -0.39 is 46.6 Å². The molecule has 0 aliphatic carbocycles. The van der Waals surface area contributed by atoms with Crippen molar-refractivity contribution >= 4 is 39.3 Å². The standard InChI is InChI=1S/C21H10BrF8NO2S/c22-11-7-9(21(28,29)30)1-3-12(11)31-5-6-32-14-8-10(2-4-13(14)31)34-33-20-18(26)16(24)15(23)17(25)19(20)27/h1-4,7-8H,5-6H2. The van der Waals surface area contributed by atoms with Crippen molar-refractivity contribution in [3.8, 4) is 11.5 Å². The summed E-state index contributed by atoms with van der Waals surface area (Å²) in [7, 11) is 0. The van der Waals surface area contributed by atoms with Crippen molar-refractivity contribution in [3.05, 3.63) is 75.5 Å². The van der Waals surface area contributed by atoms with Crippen LogP contribution in [0.15, 0.2) is 45.8 Å². The van der Waals surface area contributed by atoms with Crippen LogP contribution in [0.25, 0.3) is 0 Å². The molecule has 34 heavy (non-hydrogen) atoms. The molecule has 1 aliphatic heterocycles. The molecule has 3 nitrogen and oxygen atoms in total. The van der Waals surface area contributed by atoms with Crippen molar-refractivity contribution < 1.29 is 44.0 Å². The van der Waals surface area contributed by atoms with Crippen LogP contribution in [0.5, 0.6) is 11.5 Å². The van der Waals surface area contributed by atoms with E-state index in [1.807, 2.05) is 0 Å². The monoisotopic (exact) mass is 571 g/mol. The van der Waals surface area contributed by atoms with Gasteiger partial charge in [-0.05, 0) is 52.3 Å². The minimum Gasteiger partial charge on any atom is -0.489 e. The van der Waals surface area contributed by atoms with Crippen molar-refractivity contribution in [2.45, 2.75) is 11.1 Å². The van der Waals surface area contributed by atoms with E-state index in [-0.39, 0.29) is 21.7 Å². The summed E-state index contributed by atoms with van der Waals surface area (Å²) in [4.78, 5) is 1.90. The summed E-state index contributed by atoms with van der Waals surface area (Å²) < 4.78 is 117. The van der Waals surface area contributed by atoms with Gasteiger partial charge in [0.05, 0.1) is 40.4 Å². The van der Waals surface area contributed by atoms with E-state index in [0.717, 1.165) is 12.1 Å². The molecule has 0 spiro atoms. The fourth-order valence-corrected chi connectivity index (χ4v) is 4.35. The Hall–Kier alpha value is -2.67. The number of ether oxygens (including phenoxy) is 1. The molecule has 0 atom stereocenters.